The third-order valence-electron chi connectivity index (χ3n) is 3.31. The van der Waals surface area contributed by atoms with Gasteiger partial charge >= 0.3 is 0 Å². The first-order valence-corrected chi connectivity index (χ1v) is 8.58. The van der Waals surface area contributed by atoms with E-state index < -0.39 is 0 Å². The van der Waals surface area contributed by atoms with E-state index in [1.807, 2.05) is 24.7 Å². The van der Waals surface area contributed by atoms with E-state index in [9.17, 15) is 0 Å². The summed E-state index contributed by atoms with van der Waals surface area (Å²) in [6.07, 6.45) is 3.60. The standard InChI is InChI=1S/C13H10ClN7S2/c1-5-3-16-4-6-8(5)22-13(17-6)23-12-18-7-9(15)19-11(14)20-10(7)21(12)2/h3-4H,1-2H3,(H2,15,19,20). The van der Waals surface area contributed by atoms with Crippen LogP contribution in [0.3, 0.4) is 0 Å². The summed E-state index contributed by atoms with van der Waals surface area (Å²) in [5.41, 5.74) is 9.01. The molecule has 0 saturated heterocycles. The van der Waals surface area contributed by atoms with E-state index in [-0.39, 0.29) is 11.1 Å². The number of rotatable bonds is 2. The van der Waals surface area contributed by atoms with Crippen LogP contribution in [0.4, 0.5) is 5.82 Å². The molecule has 4 rings (SSSR count). The van der Waals surface area contributed by atoms with Gasteiger partial charge in [-0.05, 0) is 35.9 Å². The molecule has 7 nitrogen and oxygen atoms in total. The van der Waals surface area contributed by atoms with Crippen LogP contribution in [0.15, 0.2) is 21.9 Å². The lowest BCUT2D eigenvalue weighted by Gasteiger charge is -1.98. The molecular formula is C13H10ClN7S2. The van der Waals surface area contributed by atoms with Gasteiger partial charge in [0, 0.05) is 13.2 Å². The van der Waals surface area contributed by atoms with Crippen LogP contribution in [0, 0.1) is 6.92 Å². The minimum Gasteiger partial charge on any atom is -0.382 e. The normalized spacial score (nSPS) is 11.6. The Hall–Kier alpha value is -1.97. The van der Waals surface area contributed by atoms with Gasteiger partial charge in [-0.25, -0.2) is 9.97 Å². The summed E-state index contributed by atoms with van der Waals surface area (Å²) in [5.74, 6) is 0.270. The molecule has 23 heavy (non-hydrogen) atoms. The zero-order chi connectivity index (χ0) is 16.1. The molecule has 0 aromatic carbocycles. The largest absolute Gasteiger partial charge is 0.382 e. The van der Waals surface area contributed by atoms with Crippen molar-refractivity contribution in [2.24, 2.45) is 7.05 Å². The molecule has 0 spiro atoms. The molecule has 4 aromatic heterocycles. The Balaban J connectivity index is 1.81. The van der Waals surface area contributed by atoms with Crippen LogP contribution >= 0.6 is 34.7 Å². The van der Waals surface area contributed by atoms with Gasteiger partial charge in [0.25, 0.3) is 0 Å². The average molecular weight is 364 g/mol. The Labute approximate surface area is 144 Å². The van der Waals surface area contributed by atoms with E-state index in [2.05, 4.69) is 24.9 Å². The Morgan fingerprint density at radius 2 is 2.04 bits per heavy atom. The van der Waals surface area contributed by atoms with Gasteiger partial charge in [0.1, 0.15) is 5.52 Å². The number of pyridine rings is 1. The quantitative estimate of drug-likeness (QED) is 0.547. The second-order valence-electron chi connectivity index (χ2n) is 4.89. The second-order valence-corrected chi connectivity index (χ2v) is 7.44. The molecule has 0 unspecified atom stereocenters. The van der Waals surface area contributed by atoms with Crippen LogP contribution in [0.1, 0.15) is 5.56 Å². The van der Waals surface area contributed by atoms with Crippen molar-refractivity contribution in [3.05, 3.63) is 23.2 Å². The van der Waals surface area contributed by atoms with Crippen molar-refractivity contribution >= 4 is 61.9 Å². The van der Waals surface area contributed by atoms with Gasteiger partial charge in [-0.3, -0.25) is 4.98 Å². The molecule has 0 fully saturated rings. The van der Waals surface area contributed by atoms with Crippen molar-refractivity contribution in [2.75, 3.05) is 5.73 Å². The number of halogens is 1. The summed E-state index contributed by atoms with van der Waals surface area (Å²) in [7, 11) is 1.86. The third kappa shape index (κ3) is 2.41. The first-order chi connectivity index (χ1) is 11.0. The minimum absolute atomic E-state index is 0.108. The van der Waals surface area contributed by atoms with Gasteiger partial charge in [-0.2, -0.15) is 9.97 Å². The van der Waals surface area contributed by atoms with E-state index >= 15 is 0 Å². The van der Waals surface area contributed by atoms with Crippen LogP contribution in [-0.2, 0) is 7.05 Å². The van der Waals surface area contributed by atoms with E-state index in [4.69, 9.17) is 17.3 Å². The number of nitrogens with two attached hydrogens (primary N) is 1. The van der Waals surface area contributed by atoms with Gasteiger partial charge in [0.05, 0.1) is 10.9 Å². The fraction of sp³-hybridized carbons (Fsp3) is 0.154. The number of fused-ring (bicyclic) bond motifs is 2. The van der Waals surface area contributed by atoms with Gasteiger partial charge in [0.2, 0.25) is 5.28 Å². The zero-order valence-electron chi connectivity index (χ0n) is 12.1. The maximum atomic E-state index is 5.87. The zero-order valence-corrected chi connectivity index (χ0v) is 14.5. The molecule has 0 aliphatic carbocycles. The predicted octanol–water partition coefficient (Wildman–Crippen LogP) is 3.06. The highest BCUT2D eigenvalue weighted by molar-refractivity contribution is 8.01. The van der Waals surface area contributed by atoms with E-state index in [0.717, 1.165) is 25.3 Å². The first kappa shape index (κ1) is 14.6. The number of nitrogen functional groups attached to an aromatic ring is 1. The fourth-order valence-corrected chi connectivity index (χ4v) is 4.41. The highest BCUT2D eigenvalue weighted by Gasteiger charge is 2.17. The highest BCUT2D eigenvalue weighted by Crippen LogP contribution is 2.36. The number of nitrogens with zero attached hydrogens (tertiary/aromatic N) is 6. The Kier molecular flexibility index (Phi) is 3.36. The predicted molar refractivity (Wildman–Crippen MR) is 92.0 cm³/mol. The second kappa shape index (κ2) is 5.29. The molecular weight excluding hydrogens is 354 g/mol. The number of imidazole rings is 1. The van der Waals surface area contributed by atoms with Crippen molar-refractivity contribution in [2.45, 2.75) is 16.4 Å². The van der Waals surface area contributed by atoms with Crippen LogP contribution in [0.2, 0.25) is 5.28 Å². The van der Waals surface area contributed by atoms with Crippen molar-refractivity contribution in [1.29, 1.82) is 0 Å². The lowest BCUT2D eigenvalue weighted by atomic mass is 10.3. The maximum Gasteiger partial charge on any atom is 0.226 e. The topological polar surface area (TPSA) is 95.4 Å². The fourth-order valence-electron chi connectivity index (χ4n) is 2.21. The minimum atomic E-state index is 0.108. The summed E-state index contributed by atoms with van der Waals surface area (Å²) in [6.45, 7) is 2.02. The molecule has 10 heteroatoms. The molecule has 2 N–H and O–H groups in total. The summed E-state index contributed by atoms with van der Waals surface area (Å²) in [5, 5.41) is 0.837. The third-order valence-corrected chi connectivity index (χ3v) is 5.80. The lowest BCUT2D eigenvalue weighted by molar-refractivity contribution is 0.805. The molecule has 4 aromatic rings. The Morgan fingerprint density at radius 3 is 2.83 bits per heavy atom. The van der Waals surface area contributed by atoms with Crippen LogP contribution in [0.5, 0.6) is 0 Å². The average Bonchev–Trinajstić information content (AvgIpc) is 3.04. The summed E-state index contributed by atoms with van der Waals surface area (Å²) in [4.78, 5) is 21.4. The van der Waals surface area contributed by atoms with E-state index in [0.29, 0.717) is 11.2 Å². The molecule has 0 aliphatic heterocycles. The Bertz CT molecular complexity index is 1060. The van der Waals surface area contributed by atoms with Gasteiger partial charge in [0.15, 0.2) is 26.5 Å². The van der Waals surface area contributed by atoms with E-state index in [1.54, 1.807) is 17.5 Å². The van der Waals surface area contributed by atoms with Crippen molar-refractivity contribution in [3.8, 4) is 0 Å². The Morgan fingerprint density at radius 1 is 1.22 bits per heavy atom. The molecule has 0 aliphatic rings. The summed E-state index contributed by atoms with van der Waals surface area (Å²) >= 11 is 8.93. The number of hydrogen-bond acceptors (Lipinski definition) is 8. The molecule has 0 amide bonds. The van der Waals surface area contributed by atoms with Crippen LogP contribution < -0.4 is 5.73 Å². The molecule has 0 saturated carbocycles. The maximum absolute atomic E-state index is 5.87. The molecule has 0 radical (unpaired) electrons. The van der Waals surface area contributed by atoms with E-state index in [1.165, 1.54) is 11.8 Å². The molecule has 0 bridgehead atoms. The van der Waals surface area contributed by atoms with Crippen LogP contribution in [-0.4, -0.2) is 29.5 Å². The van der Waals surface area contributed by atoms with Crippen molar-refractivity contribution in [1.82, 2.24) is 29.5 Å². The summed E-state index contributed by atoms with van der Waals surface area (Å²) < 4.78 is 3.84. The van der Waals surface area contributed by atoms with Crippen molar-refractivity contribution in [3.63, 3.8) is 0 Å². The van der Waals surface area contributed by atoms with Crippen LogP contribution in [0.25, 0.3) is 21.4 Å². The lowest BCUT2D eigenvalue weighted by Crippen LogP contribution is -1.96. The van der Waals surface area contributed by atoms with Gasteiger partial charge < -0.3 is 10.3 Å². The first-order valence-electron chi connectivity index (χ1n) is 6.57. The monoisotopic (exact) mass is 363 g/mol. The number of hydrogen-bond donors (Lipinski definition) is 1. The van der Waals surface area contributed by atoms with Crippen molar-refractivity contribution < 1.29 is 0 Å². The number of aryl methyl sites for hydroxylation is 2. The number of anilines is 1. The molecule has 4 heterocycles. The smallest absolute Gasteiger partial charge is 0.226 e. The molecule has 116 valence electrons. The van der Waals surface area contributed by atoms with Gasteiger partial charge in [-0.1, -0.05) is 0 Å². The number of aromatic nitrogens is 6. The molecule has 0 atom stereocenters. The van der Waals surface area contributed by atoms with Gasteiger partial charge in [-0.15, -0.1) is 11.3 Å². The number of thiazole rings is 1. The SMILES string of the molecule is Cc1cncc2nc(Sc3nc4c(N)nc(Cl)nc4n3C)sc12. The highest BCUT2D eigenvalue weighted by atomic mass is 35.5. The summed E-state index contributed by atoms with van der Waals surface area (Å²) in [6, 6.07) is 0.